The van der Waals surface area contributed by atoms with Crippen molar-refractivity contribution >= 4 is 11.9 Å². The molecule has 0 bridgehead atoms. The third-order valence-electron chi connectivity index (χ3n) is 5.13. The molecule has 0 spiro atoms. The molecule has 0 saturated heterocycles. The first-order chi connectivity index (χ1) is 14.0. The number of methoxy groups -OCH3 is 1. The van der Waals surface area contributed by atoms with E-state index in [9.17, 15) is 18.4 Å². The van der Waals surface area contributed by atoms with E-state index in [1.165, 1.54) is 6.07 Å². The van der Waals surface area contributed by atoms with Crippen LogP contribution >= 0.6 is 0 Å². The second kappa shape index (κ2) is 7.54. The van der Waals surface area contributed by atoms with Crippen LogP contribution in [0, 0.1) is 11.6 Å². The number of hydrogen-bond acceptors (Lipinski definition) is 3. The maximum absolute atomic E-state index is 13.7. The lowest BCUT2D eigenvalue weighted by Gasteiger charge is -2.25. The van der Waals surface area contributed by atoms with Gasteiger partial charge in [-0.05, 0) is 41.8 Å². The molecule has 8 heteroatoms. The fraction of sp³-hybridized carbons (Fsp3) is 0.238. The van der Waals surface area contributed by atoms with E-state index in [1.54, 1.807) is 12.0 Å². The molecule has 4 rings (SSSR count). The number of carbonyl (C=O) groups excluding carboxylic acids is 2. The first kappa shape index (κ1) is 18.9. The third-order valence-corrected chi connectivity index (χ3v) is 5.13. The average molecular weight is 399 g/mol. The molecule has 2 heterocycles. The largest absolute Gasteiger partial charge is 0.497 e. The van der Waals surface area contributed by atoms with Crippen LogP contribution < -0.4 is 15.4 Å². The molecule has 6 nitrogen and oxygen atoms in total. The van der Waals surface area contributed by atoms with Crippen LogP contribution in [0.5, 0.6) is 5.75 Å². The minimum Gasteiger partial charge on any atom is -0.497 e. The van der Waals surface area contributed by atoms with E-state index >= 15 is 0 Å². The quantitative estimate of drug-likeness (QED) is 0.812. The zero-order valence-electron chi connectivity index (χ0n) is 15.7. The number of nitrogens with one attached hydrogen (secondary N) is 2. The van der Waals surface area contributed by atoms with Gasteiger partial charge in [-0.3, -0.25) is 4.79 Å². The summed E-state index contributed by atoms with van der Waals surface area (Å²) in [6.07, 6.45) is 0.632. The molecule has 0 saturated carbocycles. The number of halogens is 2. The standard InChI is InChI=1S/C21H19F2N3O3/c1-29-14-5-2-12(3-6-14)8-9-26-11-17-18(20(26)27)19(25-21(28)24-17)13-4-7-15(22)16(23)10-13/h2-7,10,19H,8-9,11H2,1H3,(H2,24,25,28)/t19-/m0/s1. The summed E-state index contributed by atoms with van der Waals surface area (Å²) < 4.78 is 32.1. The van der Waals surface area contributed by atoms with Crippen LogP contribution in [0.2, 0.25) is 0 Å². The summed E-state index contributed by atoms with van der Waals surface area (Å²) in [7, 11) is 1.60. The second-order valence-electron chi connectivity index (χ2n) is 6.92. The Morgan fingerprint density at radius 2 is 1.86 bits per heavy atom. The number of amides is 3. The SMILES string of the molecule is COc1ccc(CCN2CC3=C(C2=O)[C@H](c2ccc(F)c(F)c2)NC(=O)N3)cc1. The van der Waals surface area contributed by atoms with E-state index in [2.05, 4.69) is 10.6 Å². The molecule has 1 atom stereocenters. The van der Waals surface area contributed by atoms with Gasteiger partial charge in [-0.15, -0.1) is 0 Å². The predicted molar refractivity (Wildman–Crippen MR) is 101 cm³/mol. The van der Waals surface area contributed by atoms with Crippen molar-refractivity contribution in [3.63, 3.8) is 0 Å². The van der Waals surface area contributed by atoms with Gasteiger partial charge in [0, 0.05) is 6.54 Å². The van der Waals surface area contributed by atoms with E-state index in [-0.39, 0.29) is 12.5 Å². The van der Waals surface area contributed by atoms with Crippen molar-refractivity contribution in [1.82, 2.24) is 15.5 Å². The molecule has 2 aliphatic rings. The molecule has 2 N–H and O–H groups in total. The van der Waals surface area contributed by atoms with E-state index in [1.807, 2.05) is 24.3 Å². The summed E-state index contributed by atoms with van der Waals surface area (Å²) in [5, 5.41) is 5.29. The summed E-state index contributed by atoms with van der Waals surface area (Å²) in [6.45, 7) is 0.719. The molecular formula is C21H19F2N3O3. The highest BCUT2D eigenvalue weighted by molar-refractivity contribution is 6.01. The number of rotatable bonds is 5. The van der Waals surface area contributed by atoms with Crippen molar-refractivity contribution in [1.29, 1.82) is 0 Å². The minimum absolute atomic E-state index is 0.240. The zero-order chi connectivity index (χ0) is 20.5. The Bertz CT molecular complexity index is 1000. The minimum atomic E-state index is -1.03. The highest BCUT2D eigenvalue weighted by Crippen LogP contribution is 2.33. The molecule has 2 aromatic rings. The second-order valence-corrected chi connectivity index (χ2v) is 6.92. The highest BCUT2D eigenvalue weighted by Gasteiger charge is 2.40. The number of urea groups is 1. The van der Waals surface area contributed by atoms with Crippen LogP contribution in [0.15, 0.2) is 53.7 Å². The van der Waals surface area contributed by atoms with Crippen molar-refractivity contribution in [2.75, 3.05) is 20.2 Å². The van der Waals surface area contributed by atoms with Gasteiger partial charge >= 0.3 is 6.03 Å². The summed E-state index contributed by atoms with van der Waals surface area (Å²) >= 11 is 0. The van der Waals surface area contributed by atoms with Gasteiger partial charge < -0.3 is 20.3 Å². The van der Waals surface area contributed by atoms with E-state index in [0.29, 0.717) is 29.8 Å². The number of carbonyl (C=O) groups is 2. The Hall–Kier alpha value is -3.42. The van der Waals surface area contributed by atoms with Gasteiger partial charge in [0.2, 0.25) is 0 Å². The van der Waals surface area contributed by atoms with Crippen LogP contribution in [-0.4, -0.2) is 37.0 Å². The maximum Gasteiger partial charge on any atom is 0.319 e. The van der Waals surface area contributed by atoms with Crippen LogP contribution in [0.4, 0.5) is 13.6 Å². The van der Waals surface area contributed by atoms with Gasteiger partial charge in [-0.1, -0.05) is 18.2 Å². The number of nitrogens with zero attached hydrogens (tertiary/aromatic N) is 1. The molecule has 150 valence electrons. The van der Waals surface area contributed by atoms with Crippen molar-refractivity contribution in [2.24, 2.45) is 0 Å². The van der Waals surface area contributed by atoms with Gasteiger partial charge in [0.05, 0.1) is 31.0 Å². The van der Waals surface area contributed by atoms with E-state index < -0.39 is 23.7 Å². The molecule has 2 aliphatic heterocycles. The fourth-order valence-electron chi connectivity index (χ4n) is 3.61. The summed E-state index contributed by atoms with van der Waals surface area (Å²) in [4.78, 5) is 26.7. The van der Waals surface area contributed by atoms with E-state index in [4.69, 9.17) is 4.74 Å². The topological polar surface area (TPSA) is 70.7 Å². The number of ether oxygens (including phenoxy) is 1. The zero-order valence-corrected chi connectivity index (χ0v) is 15.7. The van der Waals surface area contributed by atoms with Crippen molar-refractivity contribution < 1.29 is 23.1 Å². The molecular weight excluding hydrogens is 380 g/mol. The molecule has 0 fully saturated rings. The lowest BCUT2D eigenvalue weighted by Crippen LogP contribution is -2.44. The Balaban J connectivity index is 1.52. The Morgan fingerprint density at radius 1 is 1.10 bits per heavy atom. The Labute approximate surface area is 166 Å². The first-order valence-corrected chi connectivity index (χ1v) is 9.14. The van der Waals surface area contributed by atoms with E-state index in [0.717, 1.165) is 23.4 Å². The Morgan fingerprint density at radius 3 is 2.55 bits per heavy atom. The van der Waals surface area contributed by atoms with Gasteiger partial charge in [-0.2, -0.15) is 0 Å². The Kier molecular flexibility index (Phi) is 4.92. The molecule has 0 radical (unpaired) electrons. The lowest BCUT2D eigenvalue weighted by molar-refractivity contribution is -0.125. The molecule has 29 heavy (non-hydrogen) atoms. The van der Waals surface area contributed by atoms with Crippen LogP contribution in [-0.2, 0) is 11.2 Å². The summed E-state index contributed by atoms with van der Waals surface area (Å²) in [5.74, 6) is -1.50. The number of benzene rings is 2. The average Bonchev–Trinajstić information content (AvgIpc) is 3.03. The van der Waals surface area contributed by atoms with Crippen molar-refractivity contribution in [3.05, 3.63) is 76.5 Å². The smallest absolute Gasteiger partial charge is 0.319 e. The fourth-order valence-corrected chi connectivity index (χ4v) is 3.61. The van der Waals surface area contributed by atoms with Crippen molar-refractivity contribution in [2.45, 2.75) is 12.5 Å². The summed E-state index contributed by atoms with van der Waals surface area (Å²) in [6, 6.07) is 9.62. The van der Waals surface area contributed by atoms with Gasteiger partial charge in [0.25, 0.3) is 5.91 Å². The first-order valence-electron chi connectivity index (χ1n) is 9.14. The predicted octanol–water partition coefficient (Wildman–Crippen LogP) is 2.67. The lowest BCUT2D eigenvalue weighted by atomic mass is 9.96. The normalized spacial score (nSPS) is 18.4. The molecule has 0 aromatic heterocycles. The highest BCUT2D eigenvalue weighted by atomic mass is 19.2. The molecule has 0 unspecified atom stereocenters. The van der Waals surface area contributed by atoms with Gasteiger partial charge in [0.15, 0.2) is 11.6 Å². The van der Waals surface area contributed by atoms with Crippen molar-refractivity contribution in [3.8, 4) is 5.75 Å². The van der Waals surface area contributed by atoms with Crippen LogP contribution in [0.25, 0.3) is 0 Å². The van der Waals surface area contributed by atoms with Crippen LogP contribution in [0.3, 0.4) is 0 Å². The van der Waals surface area contributed by atoms with Crippen LogP contribution in [0.1, 0.15) is 17.2 Å². The molecule has 3 amide bonds. The molecule has 2 aromatic carbocycles. The van der Waals surface area contributed by atoms with Gasteiger partial charge in [-0.25, -0.2) is 13.6 Å². The monoisotopic (exact) mass is 399 g/mol. The third kappa shape index (κ3) is 3.65. The summed E-state index contributed by atoms with van der Waals surface area (Å²) in [5.41, 5.74) is 2.20. The van der Waals surface area contributed by atoms with Gasteiger partial charge in [0.1, 0.15) is 5.75 Å². The maximum atomic E-state index is 13.7. The number of hydrogen-bond donors (Lipinski definition) is 2. The molecule has 0 aliphatic carbocycles.